The van der Waals surface area contributed by atoms with Gasteiger partial charge in [0.2, 0.25) is 0 Å². The molecule has 1 heterocycles. The Balaban J connectivity index is 1.71. The van der Waals surface area contributed by atoms with E-state index in [0.717, 1.165) is 37.9 Å². The van der Waals surface area contributed by atoms with E-state index in [9.17, 15) is 5.11 Å². The first-order valence-corrected chi connectivity index (χ1v) is 8.82. The molecular weight excluding hydrogens is 248 g/mol. The number of hydrogen-bond donors (Lipinski definition) is 2. The van der Waals surface area contributed by atoms with E-state index < -0.39 is 0 Å². The van der Waals surface area contributed by atoms with Crippen LogP contribution in [0.1, 0.15) is 58.8 Å². The summed E-state index contributed by atoms with van der Waals surface area (Å²) in [6, 6.07) is 0.606. The molecule has 0 amide bonds. The average molecular weight is 282 g/mol. The SMILES string of the molecule is CCNC(C)C1CCCN(CC(O)CC2CCCC2)C1. The molecule has 1 saturated heterocycles. The first-order valence-electron chi connectivity index (χ1n) is 8.82. The number of aliphatic hydroxyl groups excluding tert-OH is 1. The lowest BCUT2D eigenvalue weighted by molar-refractivity contribution is 0.0635. The number of likely N-dealkylation sites (tertiary alicyclic amines) is 1. The van der Waals surface area contributed by atoms with E-state index in [1.54, 1.807) is 0 Å². The lowest BCUT2D eigenvalue weighted by Gasteiger charge is -2.37. The summed E-state index contributed by atoms with van der Waals surface area (Å²) in [4.78, 5) is 2.50. The van der Waals surface area contributed by atoms with Crippen molar-refractivity contribution in [3.8, 4) is 0 Å². The second-order valence-corrected chi connectivity index (χ2v) is 7.05. The van der Waals surface area contributed by atoms with Crippen molar-refractivity contribution in [2.24, 2.45) is 11.8 Å². The summed E-state index contributed by atoms with van der Waals surface area (Å²) in [7, 11) is 0. The molecule has 3 atom stereocenters. The summed E-state index contributed by atoms with van der Waals surface area (Å²) in [6.07, 6.45) is 9.00. The molecule has 0 radical (unpaired) electrons. The molecule has 3 unspecified atom stereocenters. The van der Waals surface area contributed by atoms with Crippen molar-refractivity contribution in [1.82, 2.24) is 10.2 Å². The van der Waals surface area contributed by atoms with Crippen molar-refractivity contribution in [2.75, 3.05) is 26.2 Å². The number of β-amino-alcohol motifs (C(OH)–C–C–N with tert-alkyl or cyclic N) is 1. The fraction of sp³-hybridized carbons (Fsp3) is 1.00. The van der Waals surface area contributed by atoms with Crippen LogP contribution in [0.5, 0.6) is 0 Å². The van der Waals surface area contributed by atoms with Gasteiger partial charge in [0.15, 0.2) is 0 Å². The molecule has 1 saturated carbocycles. The van der Waals surface area contributed by atoms with Crippen molar-refractivity contribution < 1.29 is 5.11 Å². The third-order valence-electron chi connectivity index (χ3n) is 5.32. The monoisotopic (exact) mass is 282 g/mol. The zero-order chi connectivity index (χ0) is 14.4. The quantitative estimate of drug-likeness (QED) is 0.753. The van der Waals surface area contributed by atoms with Gasteiger partial charge in [0.25, 0.3) is 0 Å². The van der Waals surface area contributed by atoms with E-state index in [-0.39, 0.29) is 6.10 Å². The maximum Gasteiger partial charge on any atom is 0.0669 e. The van der Waals surface area contributed by atoms with Crippen LogP contribution >= 0.6 is 0 Å². The van der Waals surface area contributed by atoms with Crippen LogP contribution in [0.4, 0.5) is 0 Å². The van der Waals surface area contributed by atoms with Crippen molar-refractivity contribution in [3.05, 3.63) is 0 Å². The molecule has 1 aliphatic heterocycles. The highest BCUT2D eigenvalue weighted by Gasteiger charge is 2.26. The summed E-state index contributed by atoms with van der Waals surface area (Å²) in [6.45, 7) is 8.79. The minimum atomic E-state index is -0.105. The summed E-state index contributed by atoms with van der Waals surface area (Å²) >= 11 is 0. The van der Waals surface area contributed by atoms with Gasteiger partial charge in [-0.25, -0.2) is 0 Å². The van der Waals surface area contributed by atoms with E-state index in [1.165, 1.54) is 45.1 Å². The Bertz CT molecular complexity index is 266. The van der Waals surface area contributed by atoms with Crippen LogP contribution in [-0.4, -0.2) is 48.3 Å². The maximum atomic E-state index is 10.3. The molecule has 0 spiro atoms. The predicted molar refractivity (Wildman–Crippen MR) is 84.9 cm³/mol. The van der Waals surface area contributed by atoms with Crippen LogP contribution in [0.15, 0.2) is 0 Å². The first kappa shape index (κ1) is 16.3. The number of rotatable bonds is 7. The highest BCUT2D eigenvalue weighted by Crippen LogP contribution is 2.29. The fourth-order valence-electron chi connectivity index (χ4n) is 4.16. The summed E-state index contributed by atoms with van der Waals surface area (Å²) in [5.74, 6) is 1.55. The zero-order valence-corrected chi connectivity index (χ0v) is 13.5. The van der Waals surface area contributed by atoms with Gasteiger partial charge < -0.3 is 15.3 Å². The number of hydrogen-bond acceptors (Lipinski definition) is 3. The molecule has 1 aliphatic carbocycles. The molecular formula is C17H34N2O. The van der Waals surface area contributed by atoms with Gasteiger partial charge in [-0.2, -0.15) is 0 Å². The number of nitrogens with one attached hydrogen (secondary N) is 1. The van der Waals surface area contributed by atoms with Gasteiger partial charge in [0.05, 0.1) is 6.10 Å². The standard InChI is InChI=1S/C17H34N2O/c1-3-18-14(2)16-9-6-10-19(12-16)13-17(20)11-15-7-4-5-8-15/h14-18,20H,3-13H2,1-2H3. The Morgan fingerprint density at radius 3 is 2.65 bits per heavy atom. The van der Waals surface area contributed by atoms with Gasteiger partial charge in [0.1, 0.15) is 0 Å². The molecule has 0 aromatic rings. The molecule has 2 aliphatic rings. The fourth-order valence-corrected chi connectivity index (χ4v) is 4.16. The third kappa shape index (κ3) is 5.01. The summed E-state index contributed by atoms with van der Waals surface area (Å²) in [5, 5.41) is 13.9. The van der Waals surface area contributed by atoms with Gasteiger partial charge in [-0.3, -0.25) is 0 Å². The van der Waals surface area contributed by atoms with Crippen molar-refractivity contribution in [2.45, 2.75) is 70.9 Å². The normalized spacial score (nSPS) is 28.6. The van der Waals surface area contributed by atoms with Crippen LogP contribution < -0.4 is 5.32 Å². The Kier molecular flexibility index (Phi) is 6.79. The van der Waals surface area contributed by atoms with E-state index in [2.05, 4.69) is 24.1 Å². The second kappa shape index (κ2) is 8.35. The van der Waals surface area contributed by atoms with Crippen LogP contribution in [0.3, 0.4) is 0 Å². The lowest BCUT2D eigenvalue weighted by atomic mass is 9.91. The van der Waals surface area contributed by atoms with Gasteiger partial charge in [0, 0.05) is 19.1 Å². The molecule has 2 fully saturated rings. The van der Waals surface area contributed by atoms with Gasteiger partial charge in [-0.05, 0) is 51.1 Å². The van der Waals surface area contributed by atoms with Gasteiger partial charge in [-0.15, -0.1) is 0 Å². The van der Waals surface area contributed by atoms with Crippen LogP contribution in [0.25, 0.3) is 0 Å². The van der Waals surface area contributed by atoms with Crippen molar-refractivity contribution in [3.63, 3.8) is 0 Å². The molecule has 3 nitrogen and oxygen atoms in total. The number of piperidine rings is 1. The molecule has 3 heteroatoms. The minimum Gasteiger partial charge on any atom is -0.392 e. The molecule has 0 aromatic carbocycles. The van der Waals surface area contributed by atoms with E-state index in [0.29, 0.717) is 6.04 Å². The Morgan fingerprint density at radius 1 is 1.20 bits per heavy atom. The molecule has 2 rings (SSSR count). The van der Waals surface area contributed by atoms with Crippen LogP contribution in [0, 0.1) is 11.8 Å². The van der Waals surface area contributed by atoms with E-state index in [1.807, 2.05) is 0 Å². The van der Waals surface area contributed by atoms with E-state index in [4.69, 9.17) is 0 Å². The number of nitrogens with zero attached hydrogens (tertiary/aromatic N) is 1. The summed E-state index contributed by atoms with van der Waals surface area (Å²) in [5.41, 5.74) is 0. The Hall–Kier alpha value is -0.120. The third-order valence-corrected chi connectivity index (χ3v) is 5.32. The highest BCUT2D eigenvalue weighted by atomic mass is 16.3. The van der Waals surface area contributed by atoms with Crippen LogP contribution in [0.2, 0.25) is 0 Å². The van der Waals surface area contributed by atoms with Gasteiger partial charge in [-0.1, -0.05) is 32.6 Å². The zero-order valence-electron chi connectivity index (χ0n) is 13.5. The van der Waals surface area contributed by atoms with Gasteiger partial charge >= 0.3 is 0 Å². The first-order chi connectivity index (χ1) is 9.69. The molecule has 0 bridgehead atoms. The molecule has 2 N–H and O–H groups in total. The van der Waals surface area contributed by atoms with Crippen molar-refractivity contribution in [1.29, 1.82) is 0 Å². The van der Waals surface area contributed by atoms with E-state index >= 15 is 0 Å². The minimum absolute atomic E-state index is 0.105. The van der Waals surface area contributed by atoms with Crippen molar-refractivity contribution >= 4 is 0 Å². The predicted octanol–water partition coefficient (Wildman–Crippen LogP) is 2.64. The Labute approximate surface area is 125 Å². The Morgan fingerprint density at radius 2 is 1.95 bits per heavy atom. The topological polar surface area (TPSA) is 35.5 Å². The largest absolute Gasteiger partial charge is 0.392 e. The average Bonchev–Trinajstić information content (AvgIpc) is 2.92. The molecule has 118 valence electrons. The molecule has 0 aromatic heterocycles. The molecule has 20 heavy (non-hydrogen) atoms. The lowest BCUT2D eigenvalue weighted by Crippen LogP contribution is -2.46. The highest BCUT2D eigenvalue weighted by molar-refractivity contribution is 4.82. The van der Waals surface area contributed by atoms with Crippen LogP contribution in [-0.2, 0) is 0 Å². The maximum absolute atomic E-state index is 10.3. The second-order valence-electron chi connectivity index (χ2n) is 7.05. The number of aliphatic hydroxyl groups is 1. The summed E-state index contributed by atoms with van der Waals surface area (Å²) < 4.78 is 0. The smallest absolute Gasteiger partial charge is 0.0669 e.